The van der Waals surface area contributed by atoms with E-state index in [1.807, 2.05) is 6.92 Å². The van der Waals surface area contributed by atoms with Gasteiger partial charge in [0.05, 0.1) is 5.22 Å². The lowest BCUT2D eigenvalue weighted by Crippen LogP contribution is -2.09. The van der Waals surface area contributed by atoms with E-state index >= 15 is 0 Å². The first-order valence-electron chi connectivity index (χ1n) is 6.05. The van der Waals surface area contributed by atoms with Gasteiger partial charge in [0.15, 0.2) is 11.4 Å². The molecule has 21 heavy (non-hydrogen) atoms. The standard InChI is InChI=1S/C14H12F3N3O/c1-10-6-8-11(9-7-10)20(21)19-18-13-5-3-2-4-12(13)14(15,16)17/h2-9,18H,1H3. The van der Waals surface area contributed by atoms with E-state index in [1.54, 1.807) is 12.1 Å². The maximum atomic E-state index is 12.8. The number of para-hydroxylation sites is 1. The molecule has 0 unspecified atom stereocenters. The van der Waals surface area contributed by atoms with Crippen LogP contribution in [0.4, 0.5) is 24.5 Å². The van der Waals surface area contributed by atoms with Crippen LogP contribution >= 0.6 is 0 Å². The number of anilines is 1. The maximum Gasteiger partial charge on any atom is 0.420 e. The van der Waals surface area contributed by atoms with Crippen molar-refractivity contribution in [1.82, 2.24) is 0 Å². The number of alkyl halides is 3. The van der Waals surface area contributed by atoms with E-state index in [9.17, 15) is 18.4 Å². The highest BCUT2D eigenvalue weighted by Gasteiger charge is 2.34. The number of aryl methyl sites for hydroxylation is 1. The molecule has 4 nitrogen and oxygen atoms in total. The Kier molecular flexibility index (Phi) is 4.11. The van der Waals surface area contributed by atoms with Crippen LogP contribution in [0.5, 0.6) is 0 Å². The maximum absolute atomic E-state index is 12.8. The zero-order chi connectivity index (χ0) is 15.5. The molecule has 0 fully saturated rings. The number of halogens is 3. The van der Waals surface area contributed by atoms with Crippen molar-refractivity contribution in [2.24, 2.45) is 5.22 Å². The van der Waals surface area contributed by atoms with Crippen molar-refractivity contribution in [2.45, 2.75) is 13.1 Å². The summed E-state index contributed by atoms with van der Waals surface area (Å²) in [6.07, 6.45) is -4.52. The first-order chi connectivity index (χ1) is 9.88. The Balaban J connectivity index is 2.23. The van der Waals surface area contributed by atoms with Crippen molar-refractivity contribution < 1.29 is 18.0 Å². The minimum absolute atomic E-state index is 0.220. The van der Waals surface area contributed by atoms with Crippen LogP contribution in [0, 0.1) is 12.1 Å². The largest absolute Gasteiger partial charge is 0.691 e. The Morgan fingerprint density at radius 1 is 1.05 bits per heavy atom. The van der Waals surface area contributed by atoms with Crippen LogP contribution < -0.4 is 5.43 Å². The zero-order valence-electron chi connectivity index (χ0n) is 11.1. The van der Waals surface area contributed by atoms with Crippen LogP contribution in [-0.4, -0.2) is 4.86 Å². The lowest BCUT2D eigenvalue weighted by molar-refractivity contribution is -0.439. The van der Waals surface area contributed by atoms with Gasteiger partial charge in [-0.25, -0.2) is 0 Å². The fraction of sp³-hybridized carbons (Fsp3) is 0.143. The van der Waals surface area contributed by atoms with Gasteiger partial charge in [0.2, 0.25) is 0 Å². The Bertz CT molecular complexity index is 651. The molecule has 0 saturated heterocycles. The minimum Gasteiger partial charge on any atom is -0.691 e. The second kappa shape index (κ2) is 5.82. The molecule has 0 aliphatic rings. The molecule has 0 bridgehead atoms. The number of nitrogens with zero attached hydrogens (tertiary/aromatic N) is 2. The number of hydrogen-bond acceptors (Lipinski definition) is 2. The third-order valence-corrected chi connectivity index (χ3v) is 2.75. The summed E-state index contributed by atoms with van der Waals surface area (Å²) < 4.78 is 38.3. The van der Waals surface area contributed by atoms with Crippen LogP contribution in [0.1, 0.15) is 11.1 Å². The third kappa shape index (κ3) is 3.71. The van der Waals surface area contributed by atoms with Gasteiger partial charge < -0.3 is 5.21 Å². The molecule has 7 heteroatoms. The SMILES string of the molecule is Cc1ccc([N+]([O-])=NNc2ccccc2C(F)(F)F)cc1. The van der Waals surface area contributed by atoms with Gasteiger partial charge in [0.1, 0.15) is 5.56 Å². The smallest absolute Gasteiger partial charge is 0.420 e. The Morgan fingerprint density at radius 3 is 2.29 bits per heavy atom. The molecule has 0 aliphatic heterocycles. The second-order valence-corrected chi connectivity index (χ2v) is 4.36. The summed E-state index contributed by atoms with van der Waals surface area (Å²) in [5.74, 6) is 0. The molecule has 1 N–H and O–H groups in total. The number of benzene rings is 2. The fourth-order valence-electron chi connectivity index (χ4n) is 1.66. The molecule has 0 radical (unpaired) electrons. The Morgan fingerprint density at radius 2 is 1.67 bits per heavy atom. The van der Waals surface area contributed by atoms with Crippen LogP contribution in [-0.2, 0) is 6.18 Å². The van der Waals surface area contributed by atoms with Gasteiger partial charge in [-0.05, 0) is 31.2 Å². The topological polar surface area (TPSA) is 50.5 Å². The van der Waals surface area contributed by atoms with Crippen LogP contribution in [0.15, 0.2) is 53.8 Å². The minimum atomic E-state index is -4.52. The molecule has 0 aliphatic carbocycles. The Labute approximate surface area is 119 Å². The van der Waals surface area contributed by atoms with Crippen molar-refractivity contribution in [3.8, 4) is 0 Å². The van der Waals surface area contributed by atoms with E-state index in [0.29, 0.717) is 0 Å². The molecule has 2 aromatic rings. The highest BCUT2D eigenvalue weighted by molar-refractivity contribution is 5.51. The van der Waals surface area contributed by atoms with Crippen LogP contribution in [0.3, 0.4) is 0 Å². The number of nitrogens with one attached hydrogen (secondary N) is 1. The Hall–Kier alpha value is -2.57. The quantitative estimate of drug-likeness (QED) is 0.509. The van der Waals surface area contributed by atoms with E-state index in [4.69, 9.17) is 0 Å². The summed E-state index contributed by atoms with van der Waals surface area (Å²) in [4.78, 5) is 0.229. The zero-order valence-corrected chi connectivity index (χ0v) is 11.1. The van der Waals surface area contributed by atoms with Gasteiger partial charge in [-0.3, -0.25) is 0 Å². The van der Waals surface area contributed by atoms with E-state index < -0.39 is 11.7 Å². The molecular formula is C14H12F3N3O. The van der Waals surface area contributed by atoms with Gasteiger partial charge in [0.25, 0.3) is 0 Å². The summed E-state index contributed by atoms with van der Waals surface area (Å²) in [7, 11) is 0. The summed E-state index contributed by atoms with van der Waals surface area (Å²) in [6, 6.07) is 11.3. The first-order valence-corrected chi connectivity index (χ1v) is 6.05. The summed E-state index contributed by atoms with van der Waals surface area (Å²) in [5.41, 5.74) is 2.17. The molecule has 110 valence electrons. The predicted molar refractivity (Wildman–Crippen MR) is 72.0 cm³/mol. The lowest BCUT2D eigenvalue weighted by Gasteiger charge is -2.09. The molecule has 0 saturated carbocycles. The molecule has 2 rings (SSSR count). The highest BCUT2D eigenvalue weighted by atomic mass is 19.4. The van der Waals surface area contributed by atoms with Gasteiger partial charge in [0, 0.05) is 0 Å². The summed E-state index contributed by atoms with van der Waals surface area (Å²) in [6.45, 7) is 1.86. The average molecular weight is 295 g/mol. The molecule has 0 aromatic heterocycles. The molecular weight excluding hydrogens is 283 g/mol. The predicted octanol–water partition coefficient (Wildman–Crippen LogP) is 4.63. The molecule has 0 atom stereocenters. The van der Waals surface area contributed by atoms with Gasteiger partial charge in [-0.1, -0.05) is 29.8 Å². The molecule has 0 amide bonds. The number of hydrogen-bond donors (Lipinski definition) is 1. The fourth-order valence-corrected chi connectivity index (χ4v) is 1.66. The van der Waals surface area contributed by atoms with E-state index in [-0.39, 0.29) is 16.2 Å². The second-order valence-electron chi connectivity index (χ2n) is 4.36. The number of rotatable bonds is 3. The van der Waals surface area contributed by atoms with Crippen LogP contribution in [0.25, 0.3) is 0 Å². The van der Waals surface area contributed by atoms with Crippen molar-refractivity contribution >= 4 is 11.4 Å². The van der Waals surface area contributed by atoms with Gasteiger partial charge in [-0.2, -0.15) is 13.2 Å². The molecule has 2 aromatic carbocycles. The normalized spacial score (nSPS) is 12.3. The van der Waals surface area contributed by atoms with Crippen molar-refractivity contribution in [2.75, 3.05) is 5.43 Å². The van der Waals surface area contributed by atoms with Crippen molar-refractivity contribution in [3.05, 3.63) is 64.9 Å². The van der Waals surface area contributed by atoms with E-state index in [1.165, 1.54) is 30.3 Å². The molecule has 0 heterocycles. The van der Waals surface area contributed by atoms with Crippen LogP contribution in [0.2, 0.25) is 0 Å². The third-order valence-electron chi connectivity index (χ3n) is 2.75. The van der Waals surface area contributed by atoms with E-state index in [0.717, 1.165) is 11.6 Å². The van der Waals surface area contributed by atoms with E-state index in [2.05, 4.69) is 10.6 Å². The first kappa shape index (κ1) is 14.8. The lowest BCUT2D eigenvalue weighted by atomic mass is 10.2. The summed E-state index contributed by atoms with van der Waals surface area (Å²) in [5, 5.41) is 15.1. The van der Waals surface area contributed by atoms with Gasteiger partial charge >= 0.3 is 6.18 Å². The average Bonchev–Trinajstić information content (AvgIpc) is 2.45. The monoisotopic (exact) mass is 295 g/mol. The molecule has 0 spiro atoms. The van der Waals surface area contributed by atoms with Gasteiger partial charge in [-0.15, -0.1) is 10.3 Å². The van der Waals surface area contributed by atoms with Crippen molar-refractivity contribution in [1.29, 1.82) is 0 Å². The summed E-state index contributed by atoms with van der Waals surface area (Å²) >= 11 is 0. The van der Waals surface area contributed by atoms with Crippen molar-refractivity contribution in [3.63, 3.8) is 0 Å². The highest BCUT2D eigenvalue weighted by Crippen LogP contribution is 2.34.